The highest BCUT2D eigenvalue weighted by Crippen LogP contribution is 2.48. The summed E-state index contributed by atoms with van der Waals surface area (Å²) in [6.07, 6.45) is 9.86. The fraction of sp³-hybridized carbons (Fsp3) is 0.900. The highest BCUT2D eigenvalue weighted by atomic mass is 16.2. The van der Waals surface area contributed by atoms with Gasteiger partial charge in [-0.15, -0.1) is 0 Å². The van der Waals surface area contributed by atoms with Gasteiger partial charge in [-0.2, -0.15) is 0 Å². The maximum absolute atomic E-state index is 12.8. The summed E-state index contributed by atoms with van der Waals surface area (Å²) in [6, 6.07) is 0. The first kappa shape index (κ1) is 17.3. The third-order valence-electron chi connectivity index (χ3n) is 7.06. The van der Waals surface area contributed by atoms with Gasteiger partial charge in [0, 0.05) is 45.2 Å². The quantitative estimate of drug-likeness (QED) is 0.784. The van der Waals surface area contributed by atoms with Crippen LogP contribution >= 0.6 is 0 Å². The fourth-order valence-electron chi connectivity index (χ4n) is 5.52. The maximum Gasteiger partial charge on any atom is 0.236 e. The van der Waals surface area contributed by atoms with Crippen LogP contribution < -0.4 is 0 Å². The summed E-state index contributed by atoms with van der Waals surface area (Å²) in [4.78, 5) is 31.8. The van der Waals surface area contributed by atoms with E-state index in [4.69, 9.17) is 0 Å². The van der Waals surface area contributed by atoms with Crippen molar-refractivity contribution in [2.24, 2.45) is 17.8 Å². The first-order valence-electron chi connectivity index (χ1n) is 10.5. The van der Waals surface area contributed by atoms with Crippen LogP contribution in [-0.2, 0) is 9.59 Å². The molecule has 2 aliphatic carbocycles. The second-order valence-electron chi connectivity index (χ2n) is 8.68. The highest BCUT2D eigenvalue weighted by molar-refractivity contribution is 5.80. The Morgan fingerprint density at radius 3 is 2.08 bits per heavy atom. The lowest BCUT2D eigenvalue weighted by Gasteiger charge is -2.37. The fourth-order valence-corrected chi connectivity index (χ4v) is 5.52. The predicted octanol–water partition coefficient (Wildman–Crippen LogP) is 1.97. The van der Waals surface area contributed by atoms with E-state index in [1.54, 1.807) is 0 Å². The first-order chi connectivity index (χ1) is 12.2. The van der Waals surface area contributed by atoms with E-state index in [9.17, 15) is 9.59 Å². The summed E-state index contributed by atoms with van der Waals surface area (Å²) in [5.41, 5.74) is 0. The van der Waals surface area contributed by atoms with Gasteiger partial charge in [0.2, 0.25) is 11.8 Å². The Balaban J connectivity index is 1.23. The number of rotatable bonds is 3. The lowest BCUT2D eigenvalue weighted by Crippen LogP contribution is -2.53. The molecule has 4 aliphatic rings. The molecule has 0 aromatic carbocycles. The summed E-state index contributed by atoms with van der Waals surface area (Å²) >= 11 is 0. The summed E-state index contributed by atoms with van der Waals surface area (Å²) in [5, 5.41) is 0. The van der Waals surface area contributed by atoms with Crippen LogP contribution in [0.2, 0.25) is 0 Å². The van der Waals surface area contributed by atoms with Crippen LogP contribution in [-0.4, -0.2) is 72.3 Å². The molecular formula is C20H33N3O2. The molecule has 4 rings (SSSR count). The molecule has 2 heterocycles. The van der Waals surface area contributed by atoms with Gasteiger partial charge in [-0.3, -0.25) is 14.5 Å². The van der Waals surface area contributed by atoms with Crippen molar-refractivity contribution in [3.63, 3.8) is 0 Å². The van der Waals surface area contributed by atoms with Crippen molar-refractivity contribution in [1.29, 1.82) is 0 Å². The molecule has 25 heavy (non-hydrogen) atoms. The van der Waals surface area contributed by atoms with Gasteiger partial charge in [0.05, 0.1) is 6.54 Å². The average molecular weight is 348 g/mol. The Morgan fingerprint density at radius 1 is 0.760 bits per heavy atom. The van der Waals surface area contributed by atoms with Crippen LogP contribution in [0, 0.1) is 17.8 Å². The molecule has 2 amide bonds. The Bertz CT molecular complexity index is 493. The van der Waals surface area contributed by atoms with E-state index >= 15 is 0 Å². The summed E-state index contributed by atoms with van der Waals surface area (Å²) in [7, 11) is 0. The zero-order valence-electron chi connectivity index (χ0n) is 15.5. The molecule has 2 aliphatic heterocycles. The average Bonchev–Trinajstić information content (AvgIpc) is 3.16. The van der Waals surface area contributed by atoms with Crippen molar-refractivity contribution >= 4 is 11.8 Å². The number of carbonyl (C=O) groups excluding carboxylic acids is 2. The van der Waals surface area contributed by atoms with E-state index in [0.717, 1.165) is 64.4 Å². The van der Waals surface area contributed by atoms with E-state index in [1.807, 2.05) is 0 Å². The van der Waals surface area contributed by atoms with Gasteiger partial charge >= 0.3 is 0 Å². The van der Waals surface area contributed by atoms with E-state index < -0.39 is 0 Å². The third-order valence-corrected chi connectivity index (χ3v) is 7.06. The minimum Gasteiger partial charge on any atom is -0.342 e. The van der Waals surface area contributed by atoms with Crippen molar-refractivity contribution in [3.8, 4) is 0 Å². The molecule has 2 bridgehead atoms. The number of hydrogen-bond acceptors (Lipinski definition) is 3. The lowest BCUT2D eigenvalue weighted by molar-refractivity contribution is -0.139. The van der Waals surface area contributed by atoms with E-state index in [2.05, 4.69) is 14.7 Å². The predicted molar refractivity (Wildman–Crippen MR) is 97.0 cm³/mol. The zero-order chi connectivity index (χ0) is 17.2. The van der Waals surface area contributed by atoms with Crippen LogP contribution in [0.25, 0.3) is 0 Å². The molecular weight excluding hydrogens is 314 g/mol. The topological polar surface area (TPSA) is 43.9 Å². The molecule has 2 saturated carbocycles. The summed E-state index contributed by atoms with van der Waals surface area (Å²) < 4.78 is 0. The van der Waals surface area contributed by atoms with Crippen LogP contribution in [0.3, 0.4) is 0 Å². The smallest absolute Gasteiger partial charge is 0.236 e. The number of hydrogen-bond donors (Lipinski definition) is 0. The molecule has 4 fully saturated rings. The monoisotopic (exact) mass is 347 g/mol. The number of nitrogens with zero attached hydrogens (tertiary/aromatic N) is 3. The molecule has 0 unspecified atom stereocenters. The van der Waals surface area contributed by atoms with Crippen LogP contribution in [0.15, 0.2) is 0 Å². The van der Waals surface area contributed by atoms with E-state index in [-0.39, 0.29) is 5.91 Å². The van der Waals surface area contributed by atoms with Crippen LogP contribution in [0.5, 0.6) is 0 Å². The Morgan fingerprint density at radius 2 is 1.48 bits per heavy atom. The molecule has 5 heteroatoms. The van der Waals surface area contributed by atoms with Gasteiger partial charge < -0.3 is 9.80 Å². The SMILES string of the molecule is O=C(CN1CCN(C(=O)[C@@H]2C[C@@H]3CC[C@@H]2C3)CC1)N1CCCCCC1. The number of carbonyl (C=O) groups is 2. The second-order valence-corrected chi connectivity index (χ2v) is 8.68. The molecule has 0 aromatic rings. The minimum atomic E-state index is 0.287. The minimum absolute atomic E-state index is 0.287. The molecule has 0 radical (unpaired) electrons. The maximum atomic E-state index is 12.8. The van der Waals surface area contributed by atoms with E-state index in [1.165, 1.54) is 32.1 Å². The molecule has 0 aromatic heterocycles. The van der Waals surface area contributed by atoms with Gasteiger partial charge in [-0.05, 0) is 43.9 Å². The molecule has 3 atom stereocenters. The molecule has 2 saturated heterocycles. The Kier molecular flexibility index (Phi) is 5.30. The van der Waals surface area contributed by atoms with Crippen molar-refractivity contribution in [1.82, 2.24) is 14.7 Å². The highest BCUT2D eigenvalue weighted by Gasteiger charge is 2.44. The van der Waals surface area contributed by atoms with Crippen molar-refractivity contribution < 1.29 is 9.59 Å². The zero-order valence-corrected chi connectivity index (χ0v) is 15.5. The molecule has 0 spiro atoms. The standard InChI is InChI=1S/C20H33N3O2/c24-19(22-7-3-1-2-4-8-22)15-21-9-11-23(12-10-21)20(25)18-14-16-5-6-17(18)13-16/h16-18H,1-15H2/t16-,17-,18-/m1/s1. The van der Waals surface area contributed by atoms with Gasteiger partial charge in [-0.25, -0.2) is 0 Å². The van der Waals surface area contributed by atoms with Crippen LogP contribution in [0.1, 0.15) is 51.4 Å². The van der Waals surface area contributed by atoms with Crippen molar-refractivity contribution in [3.05, 3.63) is 0 Å². The molecule has 0 N–H and O–H groups in total. The Hall–Kier alpha value is -1.10. The van der Waals surface area contributed by atoms with Crippen LogP contribution in [0.4, 0.5) is 0 Å². The van der Waals surface area contributed by atoms with Gasteiger partial charge in [0.25, 0.3) is 0 Å². The van der Waals surface area contributed by atoms with Crippen molar-refractivity contribution in [2.75, 3.05) is 45.8 Å². The van der Waals surface area contributed by atoms with Crippen molar-refractivity contribution in [2.45, 2.75) is 51.4 Å². The van der Waals surface area contributed by atoms with Gasteiger partial charge in [0.15, 0.2) is 0 Å². The first-order valence-corrected chi connectivity index (χ1v) is 10.5. The largest absolute Gasteiger partial charge is 0.342 e. The third kappa shape index (κ3) is 3.86. The number of likely N-dealkylation sites (tertiary alicyclic amines) is 1. The normalized spacial score (nSPS) is 33.5. The lowest BCUT2D eigenvalue weighted by atomic mass is 9.87. The summed E-state index contributed by atoms with van der Waals surface area (Å²) in [5.74, 6) is 2.50. The van der Waals surface area contributed by atoms with Gasteiger partial charge in [-0.1, -0.05) is 19.3 Å². The summed E-state index contributed by atoms with van der Waals surface area (Å²) in [6.45, 7) is 5.72. The number of piperazine rings is 1. The van der Waals surface area contributed by atoms with Gasteiger partial charge in [0.1, 0.15) is 0 Å². The molecule has 140 valence electrons. The number of fused-ring (bicyclic) bond motifs is 2. The second kappa shape index (κ2) is 7.65. The molecule has 5 nitrogen and oxygen atoms in total. The number of amides is 2. The van der Waals surface area contributed by atoms with E-state index in [0.29, 0.717) is 24.3 Å². The Labute approximate surface area is 151 Å².